The van der Waals surface area contributed by atoms with Crippen LogP contribution in [0.3, 0.4) is 0 Å². The molecule has 1 aromatic heterocycles. The Balaban J connectivity index is 1.90. The summed E-state index contributed by atoms with van der Waals surface area (Å²) in [7, 11) is 0. The maximum absolute atomic E-state index is 11.6. The van der Waals surface area contributed by atoms with Crippen LogP contribution in [-0.2, 0) is 17.9 Å². The zero-order chi connectivity index (χ0) is 15.1. The van der Waals surface area contributed by atoms with Crippen LogP contribution in [0.4, 0.5) is 0 Å². The summed E-state index contributed by atoms with van der Waals surface area (Å²) in [6, 6.07) is 13.7. The summed E-state index contributed by atoms with van der Waals surface area (Å²) < 4.78 is 5.66. The number of amides is 1. The smallest absolute Gasteiger partial charge is 0.222 e. The van der Waals surface area contributed by atoms with Crippen LogP contribution in [-0.4, -0.2) is 10.9 Å². The molecule has 1 N–H and O–H groups in total. The van der Waals surface area contributed by atoms with Crippen molar-refractivity contribution < 1.29 is 9.53 Å². The number of ether oxygens (including phenoxy) is 1. The molecule has 0 aliphatic rings. The molecule has 4 nitrogen and oxygen atoms in total. The lowest BCUT2D eigenvalue weighted by atomic mass is 10.2. The molecule has 0 aliphatic heterocycles. The highest BCUT2D eigenvalue weighted by atomic mass is 16.5. The van der Waals surface area contributed by atoms with E-state index in [1.807, 2.05) is 56.3 Å². The third-order valence-corrected chi connectivity index (χ3v) is 3.02. The first kappa shape index (κ1) is 15.0. The number of carbonyl (C=O) groups excluding carboxylic acids is 1. The molecule has 0 radical (unpaired) electrons. The molecule has 21 heavy (non-hydrogen) atoms. The van der Waals surface area contributed by atoms with Gasteiger partial charge in [-0.1, -0.05) is 44.2 Å². The molecule has 1 aromatic carbocycles. The molecule has 0 atom stereocenters. The molecule has 0 bridgehead atoms. The fourth-order valence-electron chi connectivity index (χ4n) is 1.76. The van der Waals surface area contributed by atoms with Crippen LogP contribution in [0.1, 0.15) is 25.0 Å². The van der Waals surface area contributed by atoms with Gasteiger partial charge < -0.3 is 10.1 Å². The first-order chi connectivity index (χ1) is 10.1. The normalized spacial score (nSPS) is 10.4. The van der Waals surface area contributed by atoms with Gasteiger partial charge in [0.05, 0.1) is 0 Å². The van der Waals surface area contributed by atoms with Crippen LogP contribution in [0, 0.1) is 5.92 Å². The monoisotopic (exact) mass is 284 g/mol. The van der Waals surface area contributed by atoms with Gasteiger partial charge >= 0.3 is 0 Å². The Bertz CT molecular complexity index is 582. The van der Waals surface area contributed by atoms with Gasteiger partial charge in [0.25, 0.3) is 0 Å². The molecule has 0 spiro atoms. The van der Waals surface area contributed by atoms with Gasteiger partial charge in [0.15, 0.2) is 0 Å². The van der Waals surface area contributed by atoms with Gasteiger partial charge in [-0.05, 0) is 17.2 Å². The molecule has 0 fully saturated rings. The highest BCUT2D eigenvalue weighted by Crippen LogP contribution is 2.12. The molecule has 0 saturated heterocycles. The minimum absolute atomic E-state index is 0.0133. The third kappa shape index (κ3) is 4.91. The molecular weight excluding hydrogens is 264 g/mol. The predicted octanol–water partition coefficient (Wildman–Crippen LogP) is 2.93. The molecule has 4 heteroatoms. The van der Waals surface area contributed by atoms with E-state index in [-0.39, 0.29) is 11.8 Å². The van der Waals surface area contributed by atoms with E-state index in [0.717, 1.165) is 11.1 Å². The maximum atomic E-state index is 11.6. The number of rotatable bonds is 6. The lowest BCUT2D eigenvalue weighted by Gasteiger charge is -2.09. The summed E-state index contributed by atoms with van der Waals surface area (Å²) >= 11 is 0. The van der Waals surface area contributed by atoms with Crippen molar-refractivity contribution in [1.29, 1.82) is 0 Å². The first-order valence-corrected chi connectivity index (χ1v) is 7.04. The molecular formula is C17H20N2O2. The van der Waals surface area contributed by atoms with Crippen LogP contribution in [0.2, 0.25) is 0 Å². The highest BCUT2D eigenvalue weighted by molar-refractivity contribution is 5.77. The largest absolute Gasteiger partial charge is 0.473 e. The third-order valence-electron chi connectivity index (χ3n) is 3.02. The van der Waals surface area contributed by atoms with Crippen LogP contribution >= 0.6 is 0 Å². The molecule has 0 aliphatic carbocycles. The Morgan fingerprint density at radius 1 is 1.19 bits per heavy atom. The summed E-state index contributed by atoms with van der Waals surface area (Å²) in [5.41, 5.74) is 2.07. The minimum Gasteiger partial charge on any atom is -0.473 e. The van der Waals surface area contributed by atoms with Gasteiger partial charge in [0, 0.05) is 24.7 Å². The standard InChI is InChI=1S/C17H20N2O2/c1-13(2)17(20)19-11-15-8-9-18-16(10-15)21-12-14-6-4-3-5-7-14/h3-10,13H,11-12H2,1-2H3,(H,19,20). The summed E-state index contributed by atoms with van der Waals surface area (Å²) in [5.74, 6) is 0.592. The van der Waals surface area contributed by atoms with E-state index in [4.69, 9.17) is 4.74 Å². The number of nitrogens with one attached hydrogen (secondary N) is 1. The average molecular weight is 284 g/mol. The summed E-state index contributed by atoms with van der Waals surface area (Å²) in [6.07, 6.45) is 1.69. The minimum atomic E-state index is -0.0133. The SMILES string of the molecule is CC(C)C(=O)NCc1ccnc(OCc2ccccc2)c1. The van der Waals surface area contributed by atoms with Gasteiger partial charge in [-0.15, -0.1) is 0 Å². The van der Waals surface area contributed by atoms with Crippen LogP contribution in [0.5, 0.6) is 5.88 Å². The quantitative estimate of drug-likeness (QED) is 0.887. The van der Waals surface area contributed by atoms with E-state index in [1.165, 1.54) is 0 Å². The Morgan fingerprint density at radius 2 is 1.95 bits per heavy atom. The zero-order valence-corrected chi connectivity index (χ0v) is 12.4. The fraction of sp³-hybridized carbons (Fsp3) is 0.294. The van der Waals surface area contributed by atoms with Crippen molar-refractivity contribution in [2.24, 2.45) is 5.92 Å². The Morgan fingerprint density at radius 3 is 2.67 bits per heavy atom. The van der Waals surface area contributed by atoms with Crippen molar-refractivity contribution >= 4 is 5.91 Å². The van der Waals surface area contributed by atoms with Gasteiger partial charge in [0.1, 0.15) is 6.61 Å². The van der Waals surface area contributed by atoms with Crippen molar-refractivity contribution in [3.05, 3.63) is 59.8 Å². The van der Waals surface area contributed by atoms with Crippen molar-refractivity contribution in [3.63, 3.8) is 0 Å². The second kappa shape index (κ2) is 7.43. The van der Waals surface area contributed by atoms with Gasteiger partial charge in [-0.2, -0.15) is 0 Å². The Labute approximate surface area is 125 Å². The number of hydrogen-bond acceptors (Lipinski definition) is 3. The maximum Gasteiger partial charge on any atom is 0.222 e. The van der Waals surface area contributed by atoms with Crippen LogP contribution in [0.25, 0.3) is 0 Å². The fourth-order valence-corrected chi connectivity index (χ4v) is 1.76. The molecule has 2 aromatic rings. The van der Waals surface area contributed by atoms with Gasteiger partial charge in [-0.3, -0.25) is 4.79 Å². The lowest BCUT2D eigenvalue weighted by Crippen LogP contribution is -2.27. The summed E-state index contributed by atoms with van der Waals surface area (Å²) in [4.78, 5) is 15.7. The number of benzene rings is 1. The van der Waals surface area contributed by atoms with E-state index >= 15 is 0 Å². The van der Waals surface area contributed by atoms with Crippen molar-refractivity contribution in [1.82, 2.24) is 10.3 Å². The second-order valence-corrected chi connectivity index (χ2v) is 5.15. The number of nitrogens with zero attached hydrogens (tertiary/aromatic N) is 1. The van der Waals surface area contributed by atoms with Crippen LogP contribution in [0.15, 0.2) is 48.7 Å². The lowest BCUT2D eigenvalue weighted by molar-refractivity contribution is -0.124. The summed E-state index contributed by atoms with van der Waals surface area (Å²) in [6.45, 7) is 4.71. The van der Waals surface area contributed by atoms with Crippen molar-refractivity contribution in [3.8, 4) is 5.88 Å². The number of aromatic nitrogens is 1. The Kier molecular flexibility index (Phi) is 5.32. The zero-order valence-electron chi connectivity index (χ0n) is 12.4. The Hall–Kier alpha value is -2.36. The summed E-state index contributed by atoms with van der Waals surface area (Å²) in [5, 5.41) is 2.88. The van der Waals surface area contributed by atoms with E-state index in [2.05, 4.69) is 10.3 Å². The van der Waals surface area contributed by atoms with Crippen molar-refractivity contribution in [2.45, 2.75) is 27.0 Å². The van der Waals surface area contributed by atoms with E-state index in [9.17, 15) is 4.79 Å². The number of carbonyl (C=O) groups is 1. The van der Waals surface area contributed by atoms with Crippen molar-refractivity contribution in [2.75, 3.05) is 0 Å². The molecule has 1 amide bonds. The van der Waals surface area contributed by atoms with Crippen LogP contribution < -0.4 is 10.1 Å². The average Bonchev–Trinajstić information content (AvgIpc) is 2.52. The molecule has 110 valence electrons. The highest BCUT2D eigenvalue weighted by Gasteiger charge is 2.06. The molecule has 2 rings (SSSR count). The molecule has 0 unspecified atom stereocenters. The topological polar surface area (TPSA) is 51.2 Å². The van der Waals surface area contributed by atoms with Gasteiger partial charge in [0.2, 0.25) is 11.8 Å². The number of pyridine rings is 1. The first-order valence-electron chi connectivity index (χ1n) is 7.04. The van der Waals surface area contributed by atoms with E-state index in [0.29, 0.717) is 19.0 Å². The van der Waals surface area contributed by atoms with E-state index in [1.54, 1.807) is 6.20 Å². The number of hydrogen-bond donors (Lipinski definition) is 1. The van der Waals surface area contributed by atoms with E-state index < -0.39 is 0 Å². The second-order valence-electron chi connectivity index (χ2n) is 5.15. The molecule has 0 saturated carbocycles. The predicted molar refractivity (Wildman–Crippen MR) is 81.7 cm³/mol. The molecule has 1 heterocycles. The van der Waals surface area contributed by atoms with Gasteiger partial charge in [-0.25, -0.2) is 4.98 Å².